The number of thiophene rings is 1. The lowest BCUT2D eigenvalue weighted by Gasteiger charge is -2.48. The van der Waals surface area contributed by atoms with Gasteiger partial charge in [0.15, 0.2) is 0 Å². The summed E-state index contributed by atoms with van der Waals surface area (Å²) in [5, 5.41) is 1.39. The van der Waals surface area contributed by atoms with E-state index in [1.165, 1.54) is 164 Å². The molecule has 7 aromatic carbocycles. The summed E-state index contributed by atoms with van der Waals surface area (Å²) in [5.74, 6) is 0. The molecule has 0 bridgehead atoms. The normalized spacial score (nSPS) is 19.6. The minimum atomic E-state index is 0.0257. The van der Waals surface area contributed by atoms with Crippen LogP contribution >= 0.6 is 11.3 Å². The average molecular weight is 1000 g/mol. The summed E-state index contributed by atoms with van der Waals surface area (Å²) >= 11 is 2.07. The Hall–Kier alpha value is -5.84. The summed E-state index contributed by atoms with van der Waals surface area (Å²) in [4.78, 5) is 5.49. The first kappa shape index (κ1) is 48.8. The topological polar surface area (TPSA) is 6.48 Å². The van der Waals surface area contributed by atoms with Crippen LogP contribution in [0.15, 0.2) is 121 Å². The number of hydrogen-bond donors (Lipinski definition) is 0. The second-order valence-corrected chi connectivity index (χ2v) is 29.0. The highest BCUT2D eigenvalue weighted by molar-refractivity contribution is 7.33. The largest absolute Gasteiger partial charge is 0.311 e. The van der Waals surface area contributed by atoms with Gasteiger partial charge in [-0.15, -0.1) is 11.3 Å². The minimum Gasteiger partial charge on any atom is -0.311 e. The van der Waals surface area contributed by atoms with Crippen molar-refractivity contribution in [2.75, 3.05) is 9.80 Å². The SMILES string of the molecule is Cc1cc2c3c(c1)N(c1ccc(-c4c(C)cccc4C)cc1)c1c(sc4cc5c(cc14)C(C)(C)CCC5(C)C)B3c1cc3c(cc1N2c1cc2c(cc1-c1ccccc1)C(C)(C)CCC2(C)C)C(C)(C)CCC3(C)C. The van der Waals surface area contributed by atoms with E-state index in [0.717, 1.165) is 6.42 Å². The smallest absolute Gasteiger partial charge is 0.264 e. The van der Waals surface area contributed by atoms with Gasteiger partial charge in [-0.25, -0.2) is 0 Å². The molecule has 1 aromatic heterocycles. The van der Waals surface area contributed by atoms with Gasteiger partial charge in [0.2, 0.25) is 0 Å². The molecule has 8 aromatic rings. The third-order valence-electron chi connectivity index (χ3n) is 19.9. The molecular weight excluding hydrogens is 924 g/mol. The number of rotatable bonds is 4. The van der Waals surface area contributed by atoms with E-state index in [9.17, 15) is 0 Å². The number of aryl methyl sites for hydroxylation is 3. The molecular formula is C71H77BN2S. The van der Waals surface area contributed by atoms with Gasteiger partial charge in [-0.1, -0.05) is 150 Å². The summed E-state index contributed by atoms with van der Waals surface area (Å²) in [6.07, 6.45) is 7.06. The van der Waals surface area contributed by atoms with Crippen LogP contribution in [0.3, 0.4) is 0 Å². The molecule has 3 heterocycles. The van der Waals surface area contributed by atoms with Gasteiger partial charge in [-0.2, -0.15) is 0 Å². The highest BCUT2D eigenvalue weighted by Gasteiger charge is 2.50. The van der Waals surface area contributed by atoms with Gasteiger partial charge < -0.3 is 9.80 Å². The Kier molecular flexibility index (Phi) is 10.5. The zero-order chi connectivity index (χ0) is 52.7. The van der Waals surface area contributed by atoms with Crippen molar-refractivity contribution in [2.24, 2.45) is 0 Å². The average Bonchev–Trinajstić information content (AvgIpc) is 3.73. The van der Waals surface area contributed by atoms with Crippen LogP contribution in [-0.2, 0) is 32.5 Å². The third kappa shape index (κ3) is 7.23. The molecule has 0 spiro atoms. The molecule has 0 saturated heterocycles. The van der Waals surface area contributed by atoms with E-state index in [1.807, 2.05) is 0 Å². The summed E-state index contributed by atoms with van der Waals surface area (Å²) in [5.41, 5.74) is 29.2. The zero-order valence-corrected chi connectivity index (χ0v) is 48.5. The van der Waals surface area contributed by atoms with Gasteiger partial charge in [0.25, 0.3) is 6.71 Å². The van der Waals surface area contributed by atoms with Crippen molar-refractivity contribution < 1.29 is 0 Å². The maximum absolute atomic E-state index is 2.78. The Bertz CT molecular complexity index is 3690. The Balaban J connectivity index is 1.17. The first-order chi connectivity index (χ1) is 35.4. The van der Waals surface area contributed by atoms with Crippen molar-refractivity contribution in [2.45, 2.75) is 175 Å². The molecule has 4 heteroatoms. The van der Waals surface area contributed by atoms with Crippen LogP contribution in [0, 0.1) is 20.8 Å². The monoisotopic (exact) mass is 1000 g/mol. The van der Waals surface area contributed by atoms with Gasteiger partial charge in [0.1, 0.15) is 0 Å². The molecule has 0 N–H and O–H groups in total. The van der Waals surface area contributed by atoms with Crippen molar-refractivity contribution in [3.63, 3.8) is 0 Å². The lowest BCUT2D eigenvalue weighted by molar-refractivity contribution is 0.332. The van der Waals surface area contributed by atoms with Crippen molar-refractivity contribution in [3.8, 4) is 22.3 Å². The molecule has 380 valence electrons. The Morgan fingerprint density at radius 2 is 0.907 bits per heavy atom. The number of nitrogens with zero attached hydrogens (tertiary/aromatic N) is 2. The molecule has 0 radical (unpaired) electrons. The van der Waals surface area contributed by atoms with Crippen molar-refractivity contribution in [1.82, 2.24) is 0 Å². The van der Waals surface area contributed by atoms with Crippen LogP contribution in [0.1, 0.15) is 172 Å². The molecule has 0 saturated carbocycles. The molecule has 75 heavy (non-hydrogen) atoms. The molecule has 0 unspecified atom stereocenters. The minimum absolute atomic E-state index is 0.0257. The van der Waals surface area contributed by atoms with Crippen molar-refractivity contribution in [1.29, 1.82) is 0 Å². The second kappa shape index (κ2) is 16.1. The van der Waals surface area contributed by atoms with Crippen molar-refractivity contribution >= 4 is 78.0 Å². The van der Waals surface area contributed by atoms with E-state index < -0.39 is 0 Å². The van der Waals surface area contributed by atoms with E-state index in [-0.39, 0.29) is 39.2 Å². The van der Waals surface area contributed by atoms with Crippen LogP contribution in [-0.4, -0.2) is 6.71 Å². The molecule has 13 rings (SSSR count). The van der Waals surface area contributed by atoms with Gasteiger partial charge in [0.05, 0.1) is 11.4 Å². The highest BCUT2D eigenvalue weighted by Crippen LogP contribution is 2.57. The number of fused-ring (bicyclic) bond motifs is 9. The Labute approximate surface area is 453 Å². The predicted molar refractivity (Wildman–Crippen MR) is 327 cm³/mol. The van der Waals surface area contributed by atoms with Gasteiger partial charge in [-0.05, 0) is 224 Å². The fraction of sp³-hybridized carbons (Fsp3) is 0.380. The molecule has 5 aliphatic rings. The molecule has 0 atom stereocenters. The molecule has 0 fully saturated rings. The van der Waals surface area contributed by atoms with Crippen LogP contribution in [0.2, 0.25) is 0 Å². The molecule has 2 aliphatic heterocycles. The maximum Gasteiger partial charge on any atom is 0.264 e. The van der Waals surface area contributed by atoms with Gasteiger partial charge >= 0.3 is 0 Å². The third-order valence-corrected chi connectivity index (χ3v) is 21.1. The zero-order valence-electron chi connectivity index (χ0n) is 47.7. The summed E-state index contributed by atoms with van der Waals surface area (Å²) in [6, 6.07) is 48.8. The van der Waals surface area contributed by atoms with Crippen LogP contribution in [0.25, 0.3) is 32.3 Å². The van der Waals surface area contributed by atoms with E-state index in [4.69, 9.17) is 0 Å². The first-order valence-corrected chi connectivity index (χ1v) is 29.1. The number of benzene rings is 7. The Morgan fingerprint density at radius 1 is 0.427 bits per heavy atom. The summed E-state index contributed by atoms with van der Waals surface area (Å²) in [7, 11) is 0. The molecule has 2 nitrogen and oxygen atoms in total. The van der Waals surface area contributed by atoms with E-state index in [0.29, 0.717) is 0 Å². The first-order valence-electron chi connectivity index (χ1n) is 28.3. The van der Waals surface area contributed by atoms with Crippen LogP contribution < -0.4 is 25.5 Å². The highest BCUT2D eigenvalue weighted by atomic mass is 32.1. The lowest BCUT2D eigenvalue weighted by atomic mass is 9.35. The predicted octanol–water partition coefficient (Wildman–Crippen LogP) is 18.3. The van der Waals surface area contributed by atoms with E-state index in [1.54, 1.807) is 0 Å². The van der Waals surface area contributed by atoms with Gasteiger partial charge in [0, 0.05) is 43.2 Å². The maximum atomic E-state index is 2.78. The second-order valence-electron chi connectivity index (χ2n) is 27.9. The molecule has 3 aliphatic carbocycles. The fourth-order valence-electron chi connectivity index (χ4n) is 14.9. The van der Waals surface area contributed by atoms with E-state index >= 15 is 0 Å². The quantitative estimate of drug-likeness (QED) is 0.162. The van der Waals surface area contributed by atoms with Crippen LogP contribution in [0.4, 0.5) is 34.1 Å². The number of hydrogen-bond acceptors (Lipinski definition) is 3. The summed E-state index contributed by atoms with van der Waals surface area (Å²) < 4.78 is 2.87. The van der Waals surface area contributed by atoms with Crippen LogP contribution in [0.5, 0.6) is 0 Å². The number of anilines is 6. The van der Waals surface area contributed by atoms with Gasteiger partial charge in [-0.3, -0.25) is 0 Å². The molecule has 0 amide bonds. The van der Waals surface area contributed by atoms with E-state index in [2.05, 4.69) is 246 Å². The lowest BCUT2D eigenvalue weighted by Crippen LogP contribution is -2.61. The van der Waals surface area contributed by atoms with Crippen molar-refractivity contribution in [3.05, 3.63) is 171 Å². The standard InChI is InChI=1S/C71H77BN2S/c1-42-34-59-63-60(35-42)74(57-39-53-50(66(4,5)28-31-69(53,10)11)36-48(57)45-22-17-16-18-23-45)58-40-54-52(68(8,9)30-32-70(54,12)13)38-56(58)72(63)65-64(49-37-51-55(41-61(49)75-65)71(14,15)33-29-67(51,6)7)73(59)47-26-24-46(25-27-47)62-43(2)20-19-21-44(62)3/h16-27,34-41H,28-33H2,1-15H3. The Morgan fingerprint density at radius 3 is 1.47 bits per heavy atom. The summed E-state index contributed by atoms with van der Waals surface area (Å²) in [6.45, 7) is 36.8. The fourth-order valence-corrected chi connectivity index (χ4v) is 16.3.